The number of aromatic nitrogens is 3. The lowest BCUT2D eigenvalue weighted by atomic mass is 9.77. The minimum atomic E-state index is -2.54. The molecule has 6 aromatic carbocycles. The highest BCUT2D eigenvalue weighted by Crippen LogP contribution is 2.44. The number of aryl methyl sites for hydroxylation is 2. The summed E-state index contributed by atoms with van der Waals surface area (Å²) < 4.78 is 40.6. The molecule has 0 saturated heterocycles. The summed E-state index contributed by atoms with van der Waals surface area (Å²) in [6.07, 6.45) is 2.28. The van der Waals surface area contributed by atoms with Gasteiger partial charge in [0.05, 0.1) is 17.1 Å². The summed E-state index contributed by atoms with van der Waals surface area (Å²) in [5.74, 6) is 0.385. The highest BCUT2D eigenvalue weighted by atomic mass is 14.7. The molecule has 3 heterocycles. The zero-order valence-electron chi connectivity index (χ0n) is 44.0. The van der Waals surface area contributed by atoms with Gasteiger partial charge in [-0.15, -0.1) is 0 Å². The van der Waals surface area contributed by atoms with Gasteiger partial charge in [0.1, 0.15) is 0 Å². The first-order chi connectivity index (χ1) is 34.5. The molecule has 336 valence electrons. The van der Waals surface area contributed by atoms with Crippen LogP contribution in [-0.2, 0) is 42.8 Å². The molecule has 3 nitrogen and oxygen atoms in total. The molecule has 0 amide bonds. The van der Waals surface area contributed by atoms with Crippen molar-refractivity contribution in [1.82, 2.24) is 15.0 Å². The van der Waals surface area contributed by atoms with E-state index in [0.717, 1.165) is 67.0 Å². The molecule has 3 heteroatoms. The van der Waals surface area contributed by atoms with Crippen LogP contribution < -0.4 is 0 Å². The molecular formula is C65H61N3. The fraction of sp³-hybridized carbons (Fsp3) is 0.215. The van der Waals surface area contributed by atoms with Gasteiger partial charge in [0, 0.05) is 40.8 Å². The van der Waals surface area contributed by atoms with Gasteiger partial charge in [0.2, 0.25) is 0 Å². The Morgan fingerprint density at radius 2 is 0.956 bits per heavy atom. The summed E-state index contributed by atoms with van der Waals surface area (Å²) in [6.45, 7) is 13.2. The molecule has 3 aromatic heterocycles. The molecule has 0 saturated carbocycles. The van der Waals surface area contributed by atoms with Crippen LogP contribution in [0.4, 0.5) is 0 Å². The summed E-state index contributed by atoms with van der Waals surface area (Å²) in [6, 6.07) is 59.7. The first-order valence-electron chi connectivity index (χ1n) is 26.0. The van der Waals surface area contributed by atoms with Crippen molar-refractivity contribution in [3.05, 3.63) is 245 Å². The van der Waals surface area contributed by atoms with E-state index < -0.39 is 23.6 Å². The lowest BCUT2D eigenvalue weighted by Gasteiger charge is -2.28. The zero-order valence-corrected chi connectivity index (χ0v) is 40.0. The van der Waals surface area contributed by atoms with Crippen molar-refractivity contribution in [2.75, 3.05) is 0 Å². The van der Waals surface area contributed by atoms with E-state index in [1.54, 1.807) is 6.20 Å². The maximum atomic E-state index is 10.2. The average molecular weight is 888 g/mol. The molecule has 0 atom stereocenters. The van der Waals surface area contributed by atoms with Crippen LogP contribution in [0.3, 0.4) is 0 Å². The minimum Gasteiger partial charge on any atom is -0.256 e. The molecule has 0 aliphatic heterocycles. The van der Waals surface area contributed by atoms with Crippen molar-refractivity contribution >= 4 is 0 Å². The van der Waals surface area contributed by atoms with Gasteiger partial charge < -0.3 is 0 Å². The van der Waals surface area contributed by atoms with Crippen LogP contribution in [0.2, 0.25) is 0 Å². The predicted octanol–water partition coefficient (Wildman–Crippen LogP) is 16.1. The minimum absolute atomic E-state index is 0.209. The van der Waals surface area contributed by atoms with E-state index in [1.807, 2.05) is 103 Å². The van der Waals surface area contributed by atoms with E-state index >= 15 is 0 Å². The zero-order chi connectivity index (χ0) is 50.4. The van der Waals surface area contributed by atoms with Gasteiger partial charge in [-0.25, -0.2) is 0 Å². The second-order valence-corrected chi connectivity index (χ2v) is 20.1. The van der Waals surface area contributed by atoms with Gasteiger partial charge in [-0.3, -0.25) is 15.0 Å². The maximum Gasteiger partial charge on any atom is 0.0708 e. The summed E-state index contributed by atoms with van der Waals surface area (Å²) in [5.41, 5.74) is 16.7. The predicted molar refractivity (Wildman–Crippen MR) is 284 cm³/mol. The smallest absolute Gasteiger partial charge is 0.0708 e. The Hall–Kier alpha value is -7.23. The van der Waals surface area contributed by atoms with Gasteiger partial charge >= 0.3 is 0 Å². The van der Waals surface area contributed by atoms with Gasteiger partial charge in [0.15, 0.2) is 0 Å². The lowest BCUT2D eigenvalue weighted by Crippen LogP contribution is -2.23. The average Bonchev–Trinajstić information content (AvgIpc) is 3.77. The number of benzene rings is 6. The Balaban J connectivity index is 1.07. The second-order valence-electron chi connectivity index (χ2n) is 20.1. The molecule has 0 fully saturated rings. The third-order valence-electron chi connectivity index (χ3n) is 13.8. The highest BCUT2D eigenvalue weighted by molar-refractivity contribution is 5.87. The molecule has 9 aromatic rings. The van der Waals surface area contributed by atoms with Crippen LogP contribution in [-0.4, -0.2) is 15.0 Å². The molecule has 0 spiro atoms. The second kappa shape index (κ2) is 18.8. The SMILES string of the molecule is [2H]C([2H])(c1cc(CC(C)(C)c2ccc(-c3ccccc3)nc2)cc(CC(C)(C)c2ccc(-c3ccccc3)nc2)c1)C([2H])([2H])c1cnc(-c2ccccc2)cc1-c1cccc2c1Cc1cc(C(C)C)ccc1-2. The summed E-state index contributed by atoms with van der Waals surface area (Å²) in [5, 5.41) is 0. The van der Waals surface area contributed by atoms with E-state index in [0.29, 0.717) is 36.4 Å². The summed E-state index contributed by atoms with van der Waals surface area (Å²) >= 11 is 0. The molecule has 0 bridgehead atoms. The van der Waals surface area contributed by atoms with E-state index in [-0.39, 0.29) is 11.1 Å². The number of pyridine rings is 3. The Kier molecular flexibility index (Phi) is 11.0. The van der Waals surface area contributed by atoms with Crippen molar-refractivity contribution in [3.8, 4) is 56.0 Å². The van der Waals surface area contributed by atoms with Gasteiger partial charge in [-0.1, -0.05) is 199 Å². The summed E-state index contributed by atoms with van der Waals surface area (Å²) in [7, 11) is 0. The van der Waals surface area contributed by atoms with E-state index in [1.165, 1.54) is 16.7 Å². The third kappa shape index (κ3) is 9.49. The van der Waals surface area contributed by atoms with Gasteiger partial charge in [0.25, 0.3) is 0 Å². The molecule has 0 N–H and O–H groups in total. The highest BCUT2D eigenvalue weighted by Gasteiger charge is 2.27. The number of fused-ring (bicyclic) bond motifs is 3. The van der Waals surface area contributed by atoms with Crippen LogP contribution in [0.5, 0.6) is 0 Å². The first-order valence-corrected chi connectivity index (χ1v) is 24.0. The summed E-state index contributed by atoms with van der Waals surface area (Å²) in [4.78, 5) is 14.7. The molecule has 0 unspecified atom stereocenters. The van der Waals surface area contributed by atoms with Crippen molar-refractivity contribution in [3.63, 3.8) is 0 Å². The number of hydrogen-bond acceptors (Lipinski definition) is 3. The van der Waals surface area contributed by atoms with Crippen molar-refractivity contribution in [1.29, 1.82) is 0 Å². The molecular weight excluding hydrogens is 823 g/mol. The van der Waals surface area contributed by atoms with E-state index in [4.69, 9.17) is 15.0 Å². The fourth-order valence-corrected chi connectivity index (χ4v) is 9.95. The van der Waals surface area contributed by atoms with Gasteiger partial charge in [-0.2, -0.15) is 0 Å². The third-order valence-corrected chi connectivity index (χ3v) is 13.8. The Bertz CT molecular complexity index is 3270. The van der Waals surface area contributed by atoms with Crippen molar-refractivity contribution < 1.29 is 5.48 Å². The van der Waals surface area contributed by atoms with Crippen LogP contribution in [0.25, 0.3) is 56.0 Å². The Morgan fingerprint density at radius 3 is 1.47 bits per heavy atom. The Labute approximate surface area is 409 Å². The normalized spacial score (nSPS) is 13.6. The van der Waals surface area contributed by atoms with Crippen LogP contribution in [0.15, 0.2) is 195 Å². The molecule has 68 heavy (non-hydrogen) atoms. The van der Waals surface area contributed by atoms with Crippen molar-refractivity contribution in [2.45, 2.75) is 90.3 Å². The van der Waals surface area contributed by atoms with E-state index in [9.17, 15) is 5.48 Å². The topological polar surface area (TPSA) is 38.7 Å². The fourth-order valence-electron chi connectivity index (χ4n) is 9.95. The molecule has 1 aliphatic carbocycles. The lowest BCUT2D eigenvalue weighted by molar-refractivity contribution is 0.512. The van der Waals surface area contributed by atoms with Crippen molar-refractivity contribution in [2.24, 2.45) is 0 Å². The van der Waals surface area contributed by atoms with Gasteiger partial charge in [-0.05, 0) is 139 Å². The Morgan fingerprint density at radius 1 is 0.456 bits per heavy atom. The van der Waals surface area contributed by atoms with Crippen LogP contribution >= 0.6 is 0 Å². The van der Waals surface area contributed by atoms with E-state index in [2.05, 4.69) is 126 Å². The number of hydrogen-bond donors (Lipinski definition) is 0. The quantitative estimate of drug-likeness (QED) is 0.109. The maximum absolute atomic E-state index is 10.2. The standard InChI is InChI=1S/C65H61N3/c1-44(2)51-27-30-56-53(36-51)37-60-57(56)23-16-24-58(60)59-38-63(50-21-14-9-15-22-50)66-41-52(59)26-25-45-33-46(39-64(3,4)54-28-31-61(67-42-54)48-17-10-7-11-18-48)35-47(34-45)40-65(5,6)55-29-32-62(68-43-55)49-19-12-8-13-20-49/h7-24,27-36,38,41-44H,25-26,37,39-40H2,1-6H3/i25D2,26D2. The number of nitrogens with zero attached hydrogens (tertiary/aromatic N) is 3. The molecule has 1 aliphatic rings. The number of rotatable bonds is 14. The molecule has 0 radical (unpaired) electrons. The monoisotopic (exact) mass is 888 g/mol. The molecule has 10 rings (SSSR count). The van der Waals surface area contributed by atoms with Crippen LogP contribution in [0.1, 0.15) is 103 Å². The first kappa shape index (κ1) is 39.9. The van der Waals surface area contributed by atoms with Crippen LogP contribution in [0, 0.1) is 0 Å². The largest absolute Gasteiger partial charge is 0.256 e.